The Morgan fingerprint density at radius 2 is 1.96 bits per heavy atom. The van der Waals surface area contributed by atoms with E-state index in [-0.39, 0.29) is 18.0 Å². The number of thiocarbonyl (C=S) groups is 1. The van der Waals surface area contributed by atoms with Crippen LogP contribution in [-0.2, 0) is 9.59 Å². The normalized spacial score (nSPS) is 16.1. The summed E-state index contributed by atoms with van der Waals surface area (Å²) in [5.74, 6) is -1.06. The first kappa shape index (κ1) is 22.1. The van der Waals surface area contributed by atoms with Crippen molar-refractivity contribution >= 4 is 63.5 Å². The third-order valence-corrected chi connectivity index (χ3v) is 5.42. The number of unbranched alkanes of at least 4 members (excludes halogenated alkanes) is 2. The van der Waals surface area contributed by atoms with Gasteiger partial charge < -0.3 is 5.11 Å². The summed E-state index contributed by atoms with van der Waals surface area (Å²) in [6.07, 6.45) is 5.16. The number of non-ortho nitro benzene ring substituents is 1. The van der Waals surface area contributed by atoms with Gasteiger partial charge in [0.2, 0.25) is 0 Å². The molecule has 7 nitrogen and oxygen atoms in total. The molecular formula is C18H17ClN2O5S2. The Balaban J connectivity index is 1.97. The van der Waals surface area contributed by atoms with Gasteiger partial charge in [0, 0.05) is 30.1 Å². The Hall–Kier alpha value is -2.23. The van der Waals surface area contributed by atoms with Gasteiger partial charge in [-0.25, -0.2) is 0 Å². The second kappa shape index (κ2) is 10.4. The predicted molar refractivity (Wildman–Crippen MR) is 113 cm³/mol. The number of rotatable bonds is 9. The van der Waals surface area contributed by atoms with E-state index in [1.54, 1.807) is 18.2 Å². The van der Waals surface area contributed by atoms with Crippen molar-refractivity contribution in [3.63, 3.8) is 0 Å². The van der Waals surface area contributed by atoms with Crippen molar-refractivity contribution in [2.75, 3.05) is 6.54 Å². The smallest absolute Gasteiger partial charge is 0.303 e. The van der Waals surface area contributed by atoms with Crippen molar-refractivity contribution in [3.05, 3.63) is 56.0 Å². The number of nitro benzene ring substituents is 1. The highest BCUT2D eigenvalue weighted by molar-refractivity contribution is 8.26. The lowest BCUT2D eigenvalue weighted by molar-refractivity contribution is -0.384. The van der Waals surface area contributed by atoms with E-state index >= 15 is 0 Å². The molecule has 1 aromatic carbocycles. The Morgan fingerprint density at radius 3 is 2.57 bits per heavy atom. The Labute approximate surface area is 176 Å². The summed E-state index contributed by atoms with van der Waals surface area (Å²) in [4.78, 5) is 35.1. The van der Waals surface area contributed by atoms with Gasteiger partial charge in [0.05, 0.1) is 9.83 Å². The van der Waals surface area contributed by atoms with Crippen LogP contribution in [0.2, 0.25) is 0 Å². The van der Waals surface area contributed by atoms with Gasteiger partial charge in [-0.05, 0) is 42.7 Å². The fourth-order valence-corrected chi connectivity index (χ4v) is 4.03. The number of hydrogen-bond donors (Lipinski definition) is 1. The Kier molecular flexibility index (Phi) is 8.16. The maximum Gasteiger partial charge on any atom is 0.303 e. The van der Waals surface area contributed by atoms with Crippen LogP contribution in [0.4, 0.5) is 5.69 Å². The zero-order valence-corrected chi connectivity index (χ0v) is 17.1. The van der Waals surface area contributed by atoms with Gasteiger partial charge in [0.15, 0.2) is 0 Å². The van der Waals surface area contributed by atoms with Crippen LogP contribution in [0.15, 0.2) is 40.3 Å². The molecule has 1 saturated heterocycles. The molecule has 0 unspecified atom stereocenters. The summed E-state index contributed by atoms with van der Waals surface area (Å²) in [5, 5.41) is 19.6. The lowest BCUT2D eigenvalue weighted by Crippen LogP contribution is -2.29. The number of amides is 1. The second-order valence-electron chi connectivity index (χ2n) is 5.92. The first-order chi connectivity index (χ1) is 13.3. The van der Waals surface area contributed by atoms with E-state index in [0.717, 1.165) is 11.8 Å². The Bertz CT molecular complexity index is 852. The monoisotopic (exact) mass is 440 g/mol. The van der Waals surface area contributed by atoms with Gasteiger partial charge >= 0.3 is 5.97 Å². The summed E-state index contributed by atoms with van der Waals surface area (Å²) in [6, 6.07) is 5.88. The fourth-order valence-electron chi connectivity index (χ4n) is 2.43. The number of carboxylic acid groups (broad SMARTS) is 1. The first-order valence-corrected chi connectivity index (χ1v) is 9.97. The van der Waals surface area contributed by atoms with Crippen molar-refractivity contribution in [2.45, 2.75) is 25.7 Å². The van der Waals surface area contributed by atoms with Crippen LogP contribution < -0.4 is 0 Å². The molecule has 1 aliphatic rings. The summed E-state index contributed by atoms with van der Waals surface area (Å²) in [6.45, 7) is 0.436. The van der Waals surface area contributed by atoms with Crippen LogP contribution in [0.1, 0.15) is 31.2 Å². The van der Waals surface area contributed by atoms with Crippen molar-refractivity contribution in [1.29, 1.82) is 0 Å². The number of halogens is 1. The van der Waals surface area contributed by atoms with Crippen molar-refractivity contribution in [2.24, 2.45) is 0 Å². The molecule has 1 heterocycles. The van der Waals surface area contributed by atoms with E-state index in [9.17, 15) is 19.7 Å². The summed E-state index contributed by atoms with van der Waals surface area (Å²) < 4.78 is 0.439. The summed E-state index contributed by atoms with van der Waals surface area (Å²) >= 11 is 12.6. The largest absolute Gasteiger partial charge is 0.481 e. The average molecular weight is 441 g/mol. The van der Waals surface area contributed by atoms with E-state index in [2.05, 4.69) is 0 Å². The van der Waals surface area contributed by atoms with Crippen LogP contribution in [0.5, 0.6) is 0 Å². The highest BCUT2D eigenvalue weighted by Crippen LogP contribution is 2.33. The van der Waals surface area contributed by atoms with Crippen LogP contribution >= 0.6 is 35.6 Å². The highest BCUT2D eigenvalue weighted by Gasteiger charge is 2.31. The topological polar surface area (TPSA) is 101 Å². The molecule has 0 spiro atoms. The molecule has 28 heavy (non-hydrogen) atoms. The molecule has 0 aromatic heterocycles. The van der Waals surface area contributed by atoms with Crippen molar-refractivity contribution < 1.29 is 19.6 Å². The number of thioether (sulfide) groups is 1. The zero-order valence-electron chi connectivity index (χ0n) is 14.7. The maximum absolute atomic E-state index is 12.5. The van der Waals surface area contributed by atoms with Crippen molar-refractivity contribution in [1.82, 2.24) is 4.90 Å². The second-order valence-corrected chi connectivity index (χ2v) is 8.03. The van der Waals surface area contributed by atoms with Gasteiger partial charge in [-0.1, -0.05) is 42.0 Å². The minimum absolute atomic E-state index is 0.0162. The highest BCUT2D eigenvalue weighted by atomic mass is 35.5. The third-order valence-electron chi connectivity index (χ3n) is 3.82. The van der Waals surface area contributed by atoms with Crippen LogP contribution in [0.25, 0.3) is 6.08 Å². The minimum atomic E-state index is -0.831. The molecule has 1 aromatic rings. The molecule has 10 heteroatoms. The zero-order chi connectivity index (χ0) is 20.7. The molecule has 1 fully saturated rings. The maximum atomic E-state index is 12.5. The predicted octanol–water partition coefficient (Wildman–Crippen LogP) is 4.56. The summed E-state index contributed by atoms with van der Waals surface area (Å²) in [5.41, 5.74) is 0.651. The number of carbonyl (C=O) groups excluding carboxylic acids is 1. The number of benzene rings is 1. The molecule has 0 saturated carbocycles. The quantitative estimate of drug-likeness (QED) is 0.197. The molecule has 0 radical (unpaired) electrons. The number of aliphatic carboxylic acids is 1. The molecule has 1 amide bonds. The molecular weight excluding hydrogens is 424 g/mol. The lowest BCUT2D eigenvalue weighted by Gasteiger charge is -2.13. The van der Waals surface area contributed by atoms with E-state index in [0.29, 0.717) is 45.6 Å². The van der Waals surface area contributed by atoms with Gasteiger partial charge in [-0.15, -0.1) is 0 Å². The number of nitro groups is 1. The average Bonchev–Trinajstić information content (AvgIpc) is 2.88. The number of nitrogens with zero attached hydrogens (tertiary/aromatic N) is 2. The fraction of sp³-hybridized carbons (Fsp3) is 0.278. The summed E-state index contributed by atoms with van der Waals surface area (Å²) in [7, 11) is 0. The molecule has 1 aliphatic heterocycles. The number of hydrogen-bond acceptors (Lipinski definition) is 6. The molecule has 1 N–H and O–H groups in total. The molecule has 0 aliphatic carbocycles. The van der Waals surface area contributed by atoms with Gasteiger partial charge in [0.25, 0.3) is 11.6 Å². The van der Waals surface area contributed by atoms with Crippen LogP contribution in [-0.4, -0.2) is 37.7 Å². The third kappa shape index (κ3) is 6.43. The number of allylic oxidation sites excluding steroid dienone is 2. The number of carboxylic acids is 1. The van der Waals surface area contributed by atoms with Gasteiger partial charge in [-0.3, -0.25) is 24.6 Å². The van der Waals surface area contributed by atoms with Gasteiger partial charge in [-0.2, -0.15) is 0 Å². The van der Waals surface area contributed by atoms with Gasteiger partial charge in [0.1, 0.15) is 4.32 Å². The van der Waals surface area contributed by atoms with E-state index in [1.807, 2.05) is 0 Å². The van der Waals surface area contributed by atoms with Crippen molar-refractivity contribution in [3.8, 4) is 0 Å². The Morgan fingerprint density at radius 1 is 1.29 bits per heavy atom. The SMILES string of the molecule is O=C(O)CCCCCN1C(=O)/C(=C\C(Cl)=C/c2ccc([N+](=O)[O-])cc2)SC1=S. The minimum Gasteiger partial charge on any atom is -0.481 e. The lowest BCUT2D eigenvalue weighted by atomic mass is 10.2. The number of carbonyl (C=O) groups is 2. The standard InChI is InChI=1S/C18H17ClN2O5S2/c19-13(10-12-5-7-14(8-6-12)21(25)26)11-15-17(24)20(18(27)28-15)9-3-1-2-4-16(22)23/h5-8,10-11H,1-4,9H2,(H,22,23)/b13-10+,15-11+. The van der Waals surface area contributed by atoms with E-state index < -0.39 is 10.9 Å². The van der Waals surface area contributed by atoms with Crippen LogP contribution in [0.3, 0.4) is 0 Å². The molecule has 0 bridgehead atoms. The van der Waals surface area contributed by atoms with E-state index in [4.69, 9.17) is 28.9 Å². The molecule has 0 atom stereocenters. The molecule has 2 rings (SSSR count). The van der Waals surface area contributed by atoms with E-state index in [1.165, 1.54) is 23.1 Å². The first-order valence-electron chi connectivity index (χ1n) is 8.37. The van der Waals surface area contributed by atoms with Crippen LogP contribution in [0, 0.1) is 10.1 Å². The molecule has 148 valence electrons.